The van der Waals surface area contributed by atoms with E-state index in [1.165, 1.54) is 0 Å². The first-order valence-electron chi connectivity index (χ1n) is 8.09. The lowest BCUT2D eigenvalue weighted by Gasteiger charge is -2.33. The first kappa shape index (κ1) is 17.0. The third-order valence-electron chi connectivity index (χ3n) is 4.00. The number of amides is 1. The van der Waals surface area contributed by atoms with Gasteiger partial charge in [-0.3, -0.25) is 4.79 Å². The minimum atomic E-state index is -0.328. The summed E-state index contributed by atoms with van der Waals surface area (Å²) in [6.07, 6.45) is 0.290. The summed E-state index contributed by atoms with van der Waals surface area (Å²) in [7, 11) is 0. The van der Waals surface area contributed by atoms with Crippen LogP contribution in [-0.2, 0) is 16.0 Å². The number of nitrogens with zero attached hydrogens (tertiary/aromatic N) is 4. The molecule has 1 fully saturated rings. The predicted octanol–water partition coefficient (Wildman–Crippen LogP) is 2.41. The fourth-order valence-electron chi connectivity index (χ4n) is 2.70. The van der Waals surface area contributed by atoms with Gasteiger partial charge in [0.15, 0.2) is 0 Å². The van der Waals surface area contributed by atoms with E-state index in [1.54, 1.807) is 16.2 Å². The summed E-state index contributed by atoms with van der Waals surface area (Å²) in [6, 6.07) is -0.328. The maximum absolute atomic E-state index is 12.8. The van der Waals surface area contributed by atoms with Crippen molar-refractivity contribution in [3.8, 4) is 0 Å². The van der Waals surface area contributed by atoms with E-state index in [9.17, 15) is 4.79 Å². The highest BCUT2D eigenvalue weighted by Gasteiger charge is 2.33. The van der Waals surface area contributed by atoms with E-state index in [0.29, 0.717) is 31.5 Å². The average Bonchev–Trinajstić information content (AvgIpc) is 3.14. The van der Waals surface area contributed by atoms with Crippen LogP contribution in [0.15, 0.2) is 4.42 Å². The van der Waals surface area contributed by atoms with Crippen LogP contribution in [0.3, 0.4) is 0 Å². The van der Waals surface area contributed by atoms with Crippen molar-refractivity contribution in [2.75, 3.05) is 19.8 Å². The highest BCUT2D eigenvalue weighted by molar-refractivity contribution is 7.11. The van der Waals surface area contributed by atoms with Crippen LogP contribution >= 0.6 is 11.3 Å². The zero-order chi connectivity index (χ0) is 17.3. The lowest BCUT2D eigenvalue weighted by atomic mass is 10.1. The van der Waals surface area contributed by atoms with Gasteiger partial charge in [-0.25, -0.2) is 4.98 Å². The van der Waals surface area contributed by atoms with Crippen LogP contribution in [0.4, 0.5) is 0 Å². The normalized spacial score (nSPS) is 18.4. The Morgan fingerprint density at radius 1 is 1.38 bits per heavy atom. The van der Waals surface area contributed by atoms with Crippen molar-refractivity contribution in [2.24, 2.45) is 0 Å². The Hall–Kier alpha value is -1.80. The number of aryl methyl sites for hydroxylation is 2. The number of carbonyl (C=O) groups is 1. The number of ether oxygens (including phenoxy) is 1. The van der Waals surface area contributed by atoms with E-state index in [1.807, 2.05) is 27.7 Å². The SMILES string of the molecule is Cc1nc(CC(=O)N2CCOC[C@@H]2c2nnc(C(C)C)o2)c(C)s1. The summed E-state index contributed by atoms with van der Waals surface area (Å²) < 4.78 is 11.3. The molecule has 3 heterocycles. The Bertz CT molecular complexity index is 725. The molecule has 1 aliphatic heterocycles. The highest BCUT2D eigenvalue weighted by Crippen LogP contribution is 2.26. The number of morpholine rings is 1. The molecule has 130 valence electrons. The van der Waals surface area contributed by atoms with Crippen molar-refractivity contribution in [3.05, 3.63) is 27.4 Å². The molecule has 2 aromatic heterocycles. The maximum atomic E-state index is 12.8. The van der Waals surface area contributed by atoms with Crippen molar-refractivity contribution in [2.45, 2.75) is 46.1 Å². The van der Waals surface area contributed by atoms with Crippen molar-refractivity contribution in [1.82, 2.24) is 20.1 Å². The third kappa shape index (κ3) is 3.49. The zero-order valence-electron chi connectivity index (χ0n) is 14.4. The molecule has 3 rings (SSSR count). The van der Waals surface area contributed by atoms with Gasteiger partial charge in [0.05, 0.1) is 30.3 Å². The van der Waals surface area contributed by atoms with Crippen LogP contribution in [0.5, 0.6) is 0 Å². The monoisotopic (exact) mass is 350 g/mol. The Morgan fingerprint density at radius 3 is 2.79 bits per heavy atom. The number of aromatic nitrogens is 3. The van der Waals surface area contributed by atoms with Crippen LogP contribution < -0.4 is 0 Å². The molecule has 1 atom stereocenters. The Kier molecular flexibility index (Phi) is 4.96. The van der Waals surface area contributed by atoms with E-state index in [0.717, 1.165) is 15.6 Å². The van der Waals surface area contributed by atoms with Gasteiger partial charge in [0.2, 0.25) is 17.7 Å². The number of hydrogen-bond acceptors (Lipinski definition) is 7. The van der Waals surface area contributed by atoms with E-state index >= 15 is 0 Å². The Labute approximate surface area is 145 Å². The number of thiazole rings is 1. The molecule has 7 nitrogen and oxygen atoms in total. The van der Waals surface area contributed by atoms with Crippen molar-refractivity contribution >= 4 is 17.2 Å². The molecule has 24 heavy (non-hydrogen) atoms. The molecular weight excluding hydrogens is 328 g/mol. The van der Waals surface area contributed by atoms with Gasteiger partial charge in [-0.05, 0) is 13.8 Å². The molecule has 0 saturated carbocycles. The van der Waals surface area contributed by atoms with E-state index in [4.69, 9.17) is 9.15 Å². The van der Waals surface area contributed by atoms with Gasteiger partial charge in [-0.2, -0.15) is 0 Å². The van der Waals surface area contributed by atoms with Gasteiger partial charge in [-0.1, -0.05) is 13.8 Å². The van der Waals surface area contributed by atoms with Crippen LogP contribution in [0.25, 0.3) is 0 Å². The summed E-state index contributed by atoms with van der Waals surface area (Å²) in [5, 5.41) is 9.16. The average molecular weight is 350 g/mol. The Balaban J connectivity index is 1.78. The molecule has 0 radical (unpaired) electrons. The summed E-state index contributed by atoms with van der Waals surface area (Å²) >= 11 is 1.61. The largest absolute Gasteiger partial charge is 0.423 e. The fourth-order valence-corrected chi connectivity index (χ4v) is 3.54. The fraction of sp³-hybridized carbons (Fsp3) is 0.625. The van der Waals surface area contributed by atoms with Crippen molar-refractivity contribution in [1.29, 1.82) is 0 Å². The molecule has 0 N–H and O–H groups in total. The van der Waals surface area contributed by atoms with Gasteiger partial charge in [0.25, 0.3) is 0 Å². The molecule has 1 saturated heterocycles. The number of rotatable bonds is 4. The predicted molar refractivity (Wildman–Crippen MR) is 89.0 cm³/mol. The Morgan fingerprint density at radius 2 is 2.17 bits per heavy atom. The molecule has 8 heteroatoms. The lowest BCUT2D eigenvalue weighted by molar-refractivity contribution is -0.140. The smallest absolute Gasteiger partial charge is 0.241 e. The molecule has 0 aliphatic carbocycles. The topological polar surface area (TPSA) is 81.4 Å². The van der Waals surface area contributed by atoms with Crippen LogP contribution in [0.1, 0.15) is 53.2 Å². The summed E-state index contributed by atoms with van der Waals surface area (Å²) in [4.78, 5) is 20.1. The van der Waals surface area contributed by atoms with Gasteiger partial charge in [-0.15, -0.1) is 21.5 Å². The van der Waals surface area contributed by atoms with Crippen LogP contribution in [-0.4, -0.2) is 45.7 Å². The van der Waals surface area contributed by atoms with E-state index in [-0.39, 0.29) is 24.3 Å². The van der Waals surface area contributed by atoms with E-state index < -0.39 is 0 Å². The molecule has 1 aliphatic rings. The molecule has 0 unspecified atom stereocenters. The van der Waals surface area contributed by atoms with Gasteiger partial charge < -0.3 is 14.1 Å². The third-order valence-corrected chi connectivity index (χ3v) is 4.93. The first-order chi connectivity index (χ1) is 11.5. The number of carbonyl (C=O) groups excluding carboxylic acids is 1. The van der Waals surface area contributed by atoms with Crippen LogP contribution in [0.2, 0.25) is 0 Å². The highest BCUT2D eigenvalue weighted by atomic mass is 32.1. The second-order valence-electron chi connectivity index (χ2n) is 6.22. The maximum Gasteiger partial charge on any atom is 0.241 e. The molecule has 0 spiro atoms. The minimum absolute atomic E-state index is 0.0148. The van der Waals surface area contributed by atoms with Crippen LogP contribution in [0, 0.1) is 13.8 Å². The lowest BCUT2D eigenvalue weighted by Crippen LogP contribution is -2.44. The molecular formula is C16H22N4O3S. The zero-order valence-corrected chi connectivity index (χ0v) is 15.2. The minimum Gasteiger partial charge on any atom is -0.423 e. The first-order valence-corrected chi connectivity index (χ1v) is 8.90. The van der Waals surface area contributed by atoms with E-state index in [2.05, 4.69) is 15.2 Å². The molecule has 1 amide bonds. The summed E-state index contributed by atoms with van der Waals surface area (Å²) in [6.45, 7) is 9.34. The van der Waals surface area contributed by atoms with Gasteiger partial charge >= 0.3 is 0 Å². The molecule has 0 bridgehead atoms. The standard InChI is InChI=1S/C16H22N4O3S/c1-9(2)15-18-19-16(23-15)13-8-22-6-5-20(13)14(21)7-12-10(3)24-11(4)17-12/h9,13H,5-8H2,1-4H3/t13-/m1/s1. The van der Waals surface area contributed by atoms with Gasteiger partial charge in [0.1, 0.15) is 6.04 Å². The molecule has 2 aromatic rings. The van der Waals surface area contributed by atoms with Crippen molar-refractivity contribution < 1.29 is 13.9 Å². The summed E-state index contributed by atoms with van der Waals surface area (Å²) in [5.41, 5.74) is 0.848. The van der Waals surface area contributed by atoms with Gasteiger partial charge in [0, 0.05) is 17.3 Å². The second-order valence-corrected chi connectivity index (χ2v) is 7.63. The molecule has 0 aromatic carbocycles. The van der Waals surface area contributed by atoms with Crippen molar-refractivity contribution in [3.63, 3.8) is 0 Å². The quantitative estimate of drug-likeness (QED) is 0.842. The summed E-state index contributed by atoms with van der Waals surface area (Å²) in [5.74, 6) is 1.19. The number of hydrogen-bond donors (Lipinski definition) is 0. The second kappa shape index (κ2) is 6.98.